The summed E-state index contributed by atoms with van der Waals surface area (Å²) >= 11 is 0. The Hall–Kier alpha value is -2.02. The Morgan fingerprint density at radius 2 is 2.33 bits per heavy atom. The zero-order valence-corrected chi connectivity index (χ0v) is 10.1. The van der Waals surface area contributed by atoms with Crippen LogP contribution in [-0.4, -0.2) is 42.3 Å². The van der Waals surface area contributed by atoms with Gasteiger partial charge in [0.05, 0.1) is 12.2 Å². The molecule has 0 saturated heterocycles. The molecule has 0 spiro atoms. The van der Waals surface area contributed by atoms with Crippen LogP contribution in [-0.2, 0) is 16.1 Å². The van der Waals surface area contributed by atoms with Crippen molar-refractivity contribution in [3.05, 3.63) is 24.0 Å². The lowest BCUT2D eigenvalue weighted by Gasteiger charge is -2.02. The number of carbonyl (C=O) groups excluding carboxylic acids is 1. The van der Waals surface area contributed by atoms with E-state index in [-0.39, 0.29) is 18.9 Å². The molecule has 1 amide bonds. The molecule has 1 heterocycles. The molecule has 1 rings (SSSR count). The van der Waals surface area contributed by atoms with Crippen molar-refractivity contribution >= 4 is 11.9 Å². The minimum absolute atomic E-state index is 0.00293. The molecule has 0 atom stereocenters. The predicted octanol–water partition coefficient (Wildman–Crippen LogP) is -0.780. The van der Waals surface area contributed by atoms with E-state index < -0.39 is 5.97 Å². The standard InChI is InChI=1S/C11H15N3O4/c1-18-7-4-12-11(17)9-2-5-14(13-8-9)6-3-10(15)16/h2,5,8H,3-4,6-7H2,1H3,(H-,12,15,16,17)/p+1. The van der Waals surface area contributed by atoms with Crippen LogP contribution in [0.4, 0.5) is 0 Å². The number of aromatic nitrogens is 2. The van der Waals surface area contributed by atoms with E-state index in [0.717, 1.165) is 0 Å². The first-order valence-electron chi connectivity index (χ1n) is 5.48. The van der Waals surface area contributed by atoms with Gasteiger partial charge in [0.2, 0.25) is 0 Å². The number of hydrogen-bond donors (Lipinski definition) is 2. The molecular weight excluding hydrogens is 238 g/mol. The van der Waals surface area contributed by atoms with Crippen molar-refractivity contribution in [2.24, 2.45) is 0 Å². The van der Waals surface area contributed by atoms with Crippen LogP contribution in [0.5, 0.6) is 0 Å². The summed E-state index contributed by atoms with van der Waals surface area (Å²) in [7, 11) is 1.56. The number of carbonyl (C=O) groups is 2. The summed E-state index contributed by atoms with van der Waals surface area (Å²) in [6, 6.07) is 1.59. The van der Waals surface area contributed by atoms with E-state index in [0.29, 0.717) is 18.7 Å². The van der Waals surface area contributed by atoms with Gasteiger partial charge in [-0.15, -0.1) is 0 Å². The largest absolute Gasteiger partial charge is 0.481 e. The van der Waals surface area contributed by atoms with Gasteiger partial charge >= 0.3 is 5.97 Å². The Labute approximate surface area is 104 Å². The number of nitrogens with zero attached hydrogens (tertiary/aromatic N) is 2. The van der Waals surface area contributed by atoms with Gasteiger partial charge in [0.25, 0.3) is 5.91 Å². The molecule has 1 aromatic rings. The van der Waals surface area contributed by atoms with E-state index in [1.807, 2.05) is 0 Å². The number of carboxylic acid groups (broad SMARTS) is 1. The SMILES string of the molecule is COCCNC(=O)c1cc[n+](CCC(=O)O)nc1. The average Bonchev–Trinajstić information content (AvgIpc) is 2.37. The van der Waals surface area contributed by atoms with E-state index in [2.05, 4.69) is 10.4 Å². The molecule has 0 aliphatic heterocycles. The third-order valence-corrected chi connectivity index (χ3v) is 2.18. The summed E-state index contributed by atoms with van der Waals surface area (Å²) in [6.07, 6.45) is 2.98. The van der Waals surface area contributed by atoms with Crippen LogP contribution in [0.3, 0.4) is 0 Å². The van der Waals surface area contributed by atoms with Gasteiger partial charge in [-0.25, -0.2) is 0 Å². The molecule has 7 nitrogen and oxygen atoms in total. The number of aryl methyl sites for hydroxylation is 1. The summed E-state index contributed by atoms with van der Waals surface area (Å²) in [6.45, 7) is 1.16. The Morgan fingerprint density at radius 3 is 2.89 bits per heavy atom. The van der Waals surface area contributed by atoms with Gasteiger partial charge in [0, 0.05) is 19.7 Å². The second kappa shape index (κ2) is 7.33. The fourth-order valence-electron chi connectivity index (χ4n) is 1.23. The number of rotatable bonds is 7. The molecule has 7 heteroatoms. The molecule has 1 aromatic heterocycles. The number of amides is 1. The van der Waals surface area contributed by atoms with Crippen molar-refractivity contribution in [3.63, 3.8) is 0 Å². The fourth-order valence-corrected chi connectivity index (χ4v) is 1.23. The van der Waals surface area contributed by atoms with E-state index in [4.69, 9.17) is 9.84 Å². The molecule has 18 heavy (non-hydrogen) atoms. The molecule has 0 aliphatic carbocycles. The van der Waals surface area contributed by atoms with E-state index in [9.17, 15) is 9.59 Å². The molecule has 0 fully saturated rings. The van der Waals surface area contributed by atoms with E-state index in [1.54, 1.807) is 19.4 Å². The van der Waals surface area contributed by atoms with Crippen LogP contribution >= 0.6 is 0 Å². The number of nitrogens with one attached hydrogen (secondary N) is 1. The molecule has 0 unspecified atom stereocenters. The van der Waals surface area contributed by atoms with Gasteiger partial charge in [0.1, 0.15) is 12.6 Å². The van der Waals surface area contributed by atoms with E-state index >= 15 is 0 Å². The van der Waals surface area contributed by atoms with Gasteiger partial charge in [-0.05, 0) is 5.10 Å². The third kappa shape index (κ3) is 4.88. The molecule has 98 valence electrons. The fraction of sp³-hybridized carbons (Fsp3) is 0.455. The summed E-state index contributed by atoms with van der Waals surface area (Å²) in [5, 5.41) is 15.1. The second-order valence-corrected chi connectivity index (χ2v) is 3.57. The first kappa shape index (κ1) is 14.0. The molecule has 0 saturated carbocycles. The van der Waals surface area contributed by atoms with Crippen LogP contribution in [0.15, 0.2) is 18.5 Å². The Morgan fingerprint density at radius 1 is 1.56 bits per heavy atom. The topological polar surface area (TPSA) is 92.4 Å². The number of ether oxygens (including phenoxy) is 1. The highest BCUT2D eigenvalue weighted by Crippen LogP contribution is 1.92. The molecule has 0 radical (unpaired) electrons. The number of methoxy groups -OCH3 is 1. The number of carboxylic acids is 1. The summed E-state index contributed by atoms with van der Waals surface area (Å²) in [5.74, 6) is -1.12. The summed E-state index contributed by atoms with van der Waals surface area (Å²) < 4.78 is 6.28. The number of hydrogen-bond acceptors (Lipinski definition) is 4. The van der Waals surface area contributed by atoms with Crippen LogP contribution in [0.1, 0.15) is 16.8 Å². The van der Waals surface area contributed by atoms with Crippen molar-refractivity contribution in [1.29, 1.82) is 0 Å². The molecule has 0 aromatic carbocycles. The van der Waals surface area contributed by atoms with Gasteiger partial charge in [-0.2, -0.15) is 0 Å². The van der Waals surface area contributed by atoms with Crippen LogP contribution in [0.25, 0.3) is 0 Å². The minimum Gasteiger partial charge on any atom is -0.481 e. The van der Waals surface area contributed by atoms with Crippen LogP contribution in [0, 0.1) is 0 Å². The zero-order valence-electron chi connectivity index (χ0n) is 10.1. The molecular formula is C11H16N3O4+. The lowest BCUT2D eigenvalue weighted by atomic mass is 10.3. The normalized spacial score (nSPS) is 10.1. The van der Waals surface area contributed by atoms with Gasteiger partial charge in [-0.3, -0.25) is 9.59 Å². The maximum absolute atomic E-state index is 11.6. The smallest absolute Gasteiger partial charge is 0.309 e. The highest BCUT2D eigenvalue weighted by Gasteiger charge is 2.10. The first-order chi connectivity index (χ1) is 8.63. The lowest BCUT2D eigenvalue weighted by molar-refractivity contribution is -0.753. The molecule has 0 bridgehead atoms. The Kier molecular flexibility index (Phi) is 5.72. The summed E-state index contributed by atoms with van der Waals surface area (Å²) in [5.41, 5.74) is 0.428. The Balaban J connectivity index is 2.48. The van der Waals surface area contributed by atoms with Crippen molar-refractivity contribution in [1.82, 2.24) is 10.4 Å². The zero-order chi connectivity index (χ0) is 13.4. The first-order valence-corrected chi connectivity index (χ1v) is 5.48. The minimum atomic E-state index is -0.884. The highest BCUT2D eigenvalue weighted by molar-refractivity contribution is 5.93. The van der Waals surface area contributed by atoms with Crippen molar-refractivity contribution in [2.45, 2.75) is 13.0 Å². The van der Waals surface area contributed by atoms with Crippen molar-refractivity contribution < 1.29 is 24.1 Å². The maximum Gasteiger partial charge on any atom is 0.309 e. The summed E-state index contributed by atoms with van der Waals surface area (Å²) in [4.78, 5) is 22.0. The maximum atomic E-state index is 11.6. The number of aliphatic carboxylic acids is 1. The van der Waals surface area contributed by atoms with Crippen LogP contribution in [0.2, 0.25) is 0 Å². The van der Waals surface area contributed by atoms with Crippen molar-refractivity contribution in [2.75, 3.05) is 20.3 Å². The molecule has 2 N–H and O–H groups in total. The Bertz CT molecular complexity index is 405. The average molecular weight is 254 g/mol. The van der Waals surface area contributed by atoms with Gasteiger partial charge in [-0.1, -0.05) is 4.68 Å². The third-order valence-electron chi connectivity index (χ3n) is 2.18. The molecule has 0 aliphatic rings. The second-order valence-electron chi connectivity index (χ2n) is 3.57. The van der Waals surface area contributed by atoms with Gasteiger partial charge in [0.15, 0.2) is 12.7 Å². The monoisotopic (exact) mass is 254 g/mol. The highest BCUT2D eigenvalue weighted by atomic mass is 16.5. The van der Waals surface area contributed by atoms with Crippen LogP contribution < -0.4 is 10.00 Å². The van der Waals surface area contributed by atoms with Crippen molar-refractivity contribution in [3.8, 4) is 0 Å². The lowest BCUT2D eigenvalue weighted by Crippen LogP contribution is -2.39. The predicted molar refractivity (Wildman–Crippen MR) is 60.9 cm³/mol. The van der Waals surface area contributed by atoms with E-state index in [1.165, 1.54) is 10.9 Å². The quantitative estimate of drug-likeness (QED) is 0.492. The van der Waals surface area contributed by atoms with Gasteiger partial charge < -0.3 is 15.2 Å².